The van der Waals surface area contributed by atoms with Gasteiger partial charge in [-0.3, -0.25) is 19.3 Å². The van der Waals surface area contributed by atoms with Crippen molar-refractivity contribution in [3.05, 3.63) is 82.1 Å². The summed E-state index contributed by atoms with van der Waals surface area (Å²) in [4.78, 5) is 16.9. The first kappa shape index (κ1) is 23.7. The van der Waals surface area contributed by atoms with Crippen LogP contribution in [0.1, 0.15) is 21.5 Å². The van der Waals surface area contributed by atoms with Crippen LogP contribution in [0.3, 0.4) is 0 Å². The maximum Gasteiger partial charge on any atom is 0.279 e. The van der Waals surface area contributed by atoms with E-state index in [2.05, 4.69) is 20.9 Å². The topological polar surface area (TPSA) is 100 Å². The number of nitrogens with zero attached hydrogens (tertiary/aromatic N) is 3. The lowest BCUT2D eigenvalue weighted by molar-refractivity contribution is -0.0374. The van der Waals surface area contributed by atoms with Crippen LogP contribution in [0.25, 0.3) is 0 Å². The van der Waals surface area contributed by atoms with E-state index >= 15 is 0 Å². The van der Waals surface area contributed by atoms with E-state index in [1.165, 1.54) is 32.4 Å². The monoisotopic (exact) mass is 519 g/mol. The number of carbonyl (C=O) groups excluding carboxylic acids is 1. The van der Waals surface area contributed by atoms with Crippen molar-refractivity contribution >= 4 is 37.5 Å². The summed E-state index contributed by atoms with van der Waals surface area (Å²) < 4.78 is 34.4. The minimum atomic E-state index is -4.11. The first-order valence-electron chi connectivity index (χ1n) is 9.48. The highest BCUT2D eigenvalue weighted by Gasteiger charge is 2.31. The molecule has 168 valence electrons. The number of aromatic nitrogens is 1. The molecule has 0 atom stereocenters. The lowest BCUT2D eigenvalue weighted by atomic mass is 10.1. The summed E-state index contributed by atoms with van der Waals surface area (Å²) in [5, 5.41) is 10.2. The molecule has 1 aromatic heterocycles. The van der Waals surface area contributed by atoms with Gasteiger partial charge in [-0.05, 0) is 60.5 Å². The third-order valence-corrected chi connectivity index (χ3v) is 6.95. The lowest BCUT2D eigenvalue weighted by Gasteiger charge is -2.29. The van der Waals surface area contributed by atoms with Gasteiger partial charge in [0.1, 0.15) is 5.75 Å². The Morgan fingerprint density at radius 3 is 2.44 bits per heavy atom. The summed E-state index contributed by atoms with van der Waals surface area (Å²) in [5.41, 5.74) is 1.36. The smallest absolute Gasteiger partial charge is 0.279 e. The van der Waals surface area contributed by atoms with Crippen LogP contribution in [-0.2, 0) is 16.6 Å². The number of aryl methyl sites for hydroxylation is 1. The summed E-state index contributed by atoms with van der Waals surface area (Å²) in [7, 11) is -1.43. The Balaban J connectivity index is 2.25. The number of methoxy groups -OCH3 is 1. The van der Waals surface area contributed by atoms with Gasteiger partial charge < -0.3 is 4.74 Å². The number of anilines is 1. The number of sulfonamides is 1. The zero-order valence-corrected chi connectivity index (χ0v) is 20.1. The van der Waals surface area contributed by atoms with Crippen molar-refractivity contribution in [2.45, 2.75) is 18.4 Å². The molecular weight excluding hydrogens is 498 g/mol. The SMILES string of the molecule is COc1ccc(S(=O)(=O)N(Cc2cccnc2)c2c(C)cc(Br)cc2C(=O)N(C)O)cc1. The average Bonchev–Trinajstić information content (AvgIpc) is 2.77. The van der Waals surface area contributed by atoms with Gasteiger partial charge in [0, 0.05) is 23.9 Å². The van der Waals surface area contributed by atoms with Crippen LogP contribution < -0.4 is 9.04 Å². The second-order valence-electron chi connectivity index (χ2n) is 7.00. The predicted molar refractivity (Wildman–Crippen MR) is 123 cm³/mol. The number of pyridine rings is 1. The number of rotatable bonds is 7. The molecule has 10 heteroatoms. The van der Waals surface area contributed by atoms with E-state index in [-0.39, 0.29) is 22.7 Å². The van der Waals surface area contributed by atoms with Gasteiger partial charge in [0.25, 0.3) is 15.9 Å². The fourth-order valence-electron chi connectivity index (χ4n) is 3.22. The van der Waals surface area contributed by atoms with Crippen molar-refractivity contribution in [2.75, 3.05) is 18.5 Å². The van der Waals surface area contributed by atoms with Gasteiger partial charge in [-0.2, -0.15) is 0 Å². The van der Waals surface area contributed by atoms with Gasteiger partial charge in [0.15, 0.2) is 0 Å². The molecule has 2 aromatic carbocycles. The van der Waals surface area contributed by atoms with Gasteiger partial charge in [0.2, 0.25) is 0 Å². The maximum absolute atomic E-state index is 13.8. The summed E-state index contributed by atoms with van der Waals surface area (Å²) in [5.74, 6) is -0.231. The van der Waals surface area contributed by atoms with Crippen LogP contribution in [0, 0.1) is 6.92 Å². The molecule has 8 nitrogen and oxygen atoms in total. The van der Waals surface area contributed by atoms with E-state index in [0.29, 0.717) is 26.4 Å². The summed E-state index contributed by atoms with van der Waals surface area (Å²) in [6, 6.07) is 12.6. The molecule has 0 radical (unpaired) electrons. The first-order chi connectivity index (χ1) is 15.1. The molecule has 0 aliphatic carbocycles. The summed E-state index contributed by atoms with van der Waals surface area (Å²) in [6.45, 7) is 1.63. The molecule has 0 spiro atoms. The summed E-state index contributed by atoms with van der Waals surface area (Å²) >= 11 is 3.35. The highest BCUT2D eigenvalue weighted by molar-refractivity contribution is 9.10. The standard InChI is InChI=1S/C22H22BrN3O5S/c1-15-11-17(23)12-20(22(27)25(2)28)21(15)26(14-16-5-4-10-24-13-16)32(29,30)19-8-6-18(31-3)7-9-19/h4-13,28H,14H2,1-3H3. The van der Waals surface area contributed by atoms with Crippen LogP contribution in [0.15, 0.2) is 70.3 Å². The second-order valence-corrected chi connectivity index (χ2v) is 9.77. The van der Waals surface area contributed by atoms with Gasteiger partial charge in [-0.1, -0.05) is 22.0 Å². The van der Waals surface area contributed by atoms with Crippen molar-refractivity contribution in [3.63, 3.8) is 0 Å². The fraction of sp³-hybridized carbons (Fsp3) is 0.182. The van der Waals surface area contributed by atoms with Crippen molar-refractivity contribution < 1.29 is 23.2 Å². The van der Waals surface area contributed by atoms with E-state index in [1.54, 1.807) is 49.6 Å². The average molecular weight is 520 g/mol. The van der Waals surface area contributed by atoms with Crippen LogP contribution in [0.2, 0.25) is 0 Å². The number of amides is 1. The molecule has 3 rings (SSSR count). The molecule has 0 saturated heterocycles. The van der Waals surface area contributed by atoms with Crippen LogP contribution in [-0.4, -0.2) is 43.7 Å². The zero-order valence-electron chi connectivity index (χ0n) is 17.7. The van der Waals surface area contributed by atoms with Gasteiger partial charge in [-0.25, -0.2) is 13.5 Å². The number of benzene rings is 2. The molecule has 3 aromatic rings. The molecule has 0 fully saturated rings. The number of hydrogen-bond donors (Lipinski definition) is 1. The van der Waals surface area contributed by atoms with E-state index in [0.717, 1.165) is 4.31 Å². The molecule has 32 heavy (non-hydrogen) atoms. The molecule has 1 amide bonds. The van der Waals surface area contributed by atoms with E-state index in [1.807, 2.05) is 0 Å². The maximum atomic E-state index is 13.8. The largest absolute Gasteiger partial charge is 0.497 e. The Hall–Kier alpha value is -2.95. The van der Waals surface area contributed by atoms with E-state index in [9.17, 15) is 18.4 Å². The van der Waals surface area contributed by atoms with Crippen molar-refractivity contribution in [1.29, 1.82) is 0 Å². The van der Waals surface area contributed by atoms with Gasteiger partial charge in [0.05, 0.1) is 29.8 Å². The number of carbonyl (C=O) groups is 1. The van der Waals surface area contributed by atoms with E-state index < -0.39 is 15.9 Å². The van der Waals surface area contributed by atoms with Crippen LogP contribution in [0.5, 0.6) is 5.75 Å². The molecule has 1 N–H and O–H groups in total. The third kappa shape index (κ3) is 4.93. The predicted octanol–water partition coefficient (Wildman–Crippen LogP) is 4.02. The van der Waals surface area contributed by atoms with Gasteiger partial charge in [-0.15, -0.1) is 0 Å². The highest BCUT2D eigenvalue weighted by Crippen LogP contribution is 2.35. The molecular formula is C22H22BrN3O5S. The summed E-state index contributed by atoms with van der Waals surface area (Å²) in [6.07, 6.45) is 3.15. The molecule has 0 aliphatic heterocycles. The third-order valence-electron chi connectivity index (χ3n) is 4.74. The molecule has 0 saturated carbocycles. The fourth-order valence-corrected chi connectivity index (χ4v) is 5.33. The Morgan fingerprint density at radius 2 is 1.88 bits per heavy atom. The minimum absolute atomic E-state index is 0.0280. The Bertz CT molecular complexity index is 1220. The number of hydroxylamine groups is 2. The van der Waals surface area contributed by atoms with Crippen molar-refractivity contribution in [2.24, 2.45) is 0 Å². The molecule has 1 heterocycles. The Kier molecular flexibility index (Phi) is 7.17. The van der Waals surface area contributed by atoms with Crippen LogP contribution in [0.4, 0.5) is 5.69 Å². The van der Waals surface area contributed by atoms with Gasteiger partial charge >= 0.3 is 0 Å². The number of hydrogen-bond acceptors (Lipinski definition) is 6. The zero-order chi connectivity index (χ0) is 23.5. The van der Waals surface area contributed by atoms with Crippen LogP contribution >= 0.6 is 15.9 Å². The number of ether oxygens (including phenoxy) is 1. The Labute approximate surface area is 195 Å². The molecule has 0 aliphatic rings. The normalized spacial score (nSPS) is 11.2. The number of halogens is 1. The second kappa shape index (κ2) is 9.68. The Morgan fingerprint density at radius 1 is 1.19 bits per heavy atom. The highest BCUT2D eigenvalue weighted by atomic mass is 79.9. The molecule has 0 bridgehead atoms. The van der Waals surface area contributed by atoms with Crippen molar-refractivity contribution in [3.8, 4) is 5.75 Å². The quantitative estimate of drug-likeness (QED) is 0.373. The van der Waals surface area contributed by atoms with Crippen molar-refractivity contribution in [1.82, 2.24) is 10.0 Å². The molecule has 0 unspecified atom stereocenters. The minimum Gasteiger partial charge on any atom is -0.497 e. The lowest BCUT2D eigenvalue weighted by Crippen LogP contribution is -2.34. The first-order valence-corrected chi connectivity index (χ1v) is 11.7. The van der Waals surface area contributed by atoms with E-state index in [4.69, 9.17) is 4.74 Å².